The first-order chi connectivity index (χ1) is 8.07. The summed E-state index contributed by atoms with van der Waals surface area (Å²) in [4.78, 5) is 11.8. The van der Waals surface area contributed by atoms with Gasteiger partial charge in [-0.1, -0.05) is 12.1 Å². The first-order valence-electron chi connectivity index (χ1n) is 5.71. The molecule has 0 saturated heterocycles. The summed E-state index contributed by atoms with van der Waals surface area (Å²) in [6.07, 6.45) is 0.794. The van der Waals surface area contributed by atoms with E-state index in [0.717, 1.165) is 23.4 Å². The van der Waals surface area contributed by atoms with E-state index >= 15 is 0 Å². The third kappa shape index (κ3) is 2.12. The maximum Gasteiger partial charge on any atom is 0.234 e. The molecule has 0 unspecified atom stereocenters. The largest absolute Gasteiger partial charge is 0.491 e. The van der Waals surface area contributed by atoms with E-state index in [1.807, 2.05) is 32.0 Å². The van der Waals surface area contributed by atoms with Crippen molar-refractivity contribution < 1.29 is 9.53 Å². The molecule has 1 aromatic carbocycles. The van der Waals surface area contributed by atoms with Gasteiger partial charge in [0.05, 0.1) is 17.7 Å². The number of alkyl halides is 1. The van der Waals surface area contributed by atoms with Crippen LogP contribution in [0.3, 0.4) is 0 Å². The van der Waals surface area contributed by atoms with Crippen LogP contribution in [0, 0.1) is 0 Å². The van der Waals surface area contributed by atoms with Crippen molar-refractivity contribution in [1.82, 2.24) is 0 Å². The number of amides is 1. The van der Waals surface area contributed by atoms with Crippen molar-refractivity contribution in [2.45, 2.75) is 25.7 Å². The lowest BCUT2D eigenvalue weighted by atomic mass is 9.86. The fourth-order valence-corrected chi connectivity index (χ4v) is 2.04. The minimum absolute atomic E-state index is 0.0147. The molecular formula is C13H16ClNO2. The summed E-state index contributed by atoms with van der Waals surface area (Å²) in [6, 6.07) is 5.74. The van der Waals surface area contributed by atoms with Crippen LogP contribution in [0.15, 0.2) is 18.2 Å². The predicted molar refractivity (Wildman–Crippen MR) is 68.9 cm³/mol. The summed E-state index contributed by atoms with van der Waals surface area (Å²) in [5, 5.41) is 2.89. The lowest BCUT2D eigenvalue weighted by molar-refractivity contribution is -0.119. The molecule has 0 saturated carbocycles. The molecule has 1 N–H and O–H groups in total. The normalized spacial score (nSPS) is 16.5. The Morgan fingerprint density at radius 3 is 2.88 bits per heavy atom. The fourth-order valence-electron chi connectivity index (χ4n) is 1.93. The van der Waals surface area contributed by atoms with E-state index in [2.05, 4.69) is 5.32 Å². The SMILES string of the molecule is CC1(C)C(=O)Nc2c(OCCCCl)cccc21. The molecule has 1 amide bonds. The molecule has 1 heterocycles. The average Bonchev–Trinajstić information content (AvgIpc) is 2.52. The van der Waals surface area contributed by atoms with Gasteiger partial charge in [-0.15, -0.1) is 11.6 Å². The van der Waals surface area contributed by atoms with Crippen LogP contribution in [0.1, 0.15) is 25.8 Å². The molecule has 17 heavy (non-hydrogen) atoms. The molecule has 0 atom stereocenters. The van der Waals surface area contributed by atoms with Gasteiger partial charge in [-0.25, -0.2) is 0 Å². The Balaban J connectivity index is 2.28. The highest BCUT2D eigenvalue weighted by atomic mass is 35.5. The van der Waals surface area contributed by atoms with Gasteiger partial charge in [0.15, 0.2) is 0 Å². The van der Waals surface area contributed by atoms with Crippen molar-refractivity contribution in [1.29, 1.82) is 0 Å². The molecule has 1 aliphatic heterocycles. The zero-order chi connectivity index (χ0) is 12.5. The third-order valence-electron chi connectivity index (χ3n) is 3.04. The molecule has 0 spiro atoms. The summed E-state index contributed by atoms with van der Waals surface area (Å²) in [7, 11) is 0. The summed E-state index contributed by atoms with van der Waals surface area (Å²) in [6.45, 7) is 4.39. The van der Waals surface area contributed by atoms with Crippen LogP contribution in [0.4, 0.5) is 5.69 Å². The smallest absolute Gasteiger partial charge is 0.234 e. The summed E-state index contributed by atoms with van der Waals surface area (Å²) >= 11 is 5.60. The number of ether oxygens (including phenoxy) is 1. The van der Waals surface area contributed by atoms with E-state index in [1.54, 1.807) is 0 Å². The number of carbonyl (C=O) groups excluding carboxylic acids is 1. The topological polar surface area (TPSA) is 38.3 Å². The molecule has 1 aliphatic rings. The lowest BCUT2D eigenvalue weighted by Gasteiger charge is -2.15. The van der Waals surface area contributed by atoms with Crippen LogP contribution in [-0.4, -0.2) is 18.4 Å². The number of nitrogens with one attached hydrogen (secondary N) is 1. The van der Waals surface area contributed by atoms with E-state index in [4.69, 9.17) is 16.3 Å². The maximum atomic E-state index is 11.8. The Morgan fingerprint density at radius 2 is 2.18 bits per heavy atom. The van der Waals surface area contributed by atoms with E-state index in [9.17, 15) is 4.79 Å². The Hall–Kier alpha value is -1.22. The molecule has 0 bridgehead atoms. The number of hydrogen-bond donors (Lipinski definition) is 1. The summed E-state index contributed by atoms with van der Waals surface area (Å²) in [5.74, 6) is 1.32. The lowest BCUT2D eigenvalue weighted by Crippen LogP contribution is -2.26. The number of hydrogen-bond acceptors (Lipinski definition) is 2. The second-order valence-electron chi connectivity index (χ2n) is 4.65. The Kier molecular flexibility index (Phi) is 3.29. The molecular weight excluding hydrogens is 238 g/mol. The number of halogens is 1. The molecule has 0 aliphatic carbocycles. The van der Waals surface area contributed by atoms with Crippen molar-refractivity contribution >= 4 is 23.2 Å². The first kappa shape index (κ1) is 12.2. The van der Waals surface area contributed by atoms with Gasteiger partial charge in [-0.2, -0.15) is 0 Å². The van der Waals surface area contributed by atoms with Gasteiger partial charge in [0.2, 0.25) is 5.91 Å². The summed E-state index contributed by atoms with van der Waals surface area (Å²) in [5.41, 5.74) is 1.31. The predicted octanol–water partition coefficient (Wildman–Crippen LogP) is 2.92. The molecule has 0 fully saturated rings. The van der Waals surface area contributed by atoms with E-state index in [0.29, 0.717) is 12.5 Å². The van der Waals surface area contributed by atoms with Gasteiger partial charge in [0.1, 0.15) is 5.75 Å². The van der Waals surface area contributed by atoms with Crippen LogP contribution in [0.25, 0.3) is 0 Å². The maximum absolute atomic E-state index is 11.8. The Morgan fingerprint density at radius 1 is 1.41 bits per heavy atom. The highest BCUT2D eigenvalue weighted by Gasteiger charge is 2.39. The first-order valence-corrected chi connectivity index (χ1v) is 6.24. The number of rotatable bonds is 4. The molecule has 3 nitrogen and oxygen atoms in total. The molecule has 0 radical (unpaired) electrons. The van der Waals surface area contributed by atoms with Gasteiger partial charge < -0.3 is 10.1 Å². The number of carbonyl (C=O) groups is 1. The van der Waals surface area contributed by atoms with Crippen LogP contribution in [0.2, 0.25) is 0 Å². The highest BCUT2D eigenvalue weighted by Crippen LogP contribution is 2.42. The number of anilines is 1. The van der Waals surface area contributed by atoms with Crippen molar-refractivity contribution in [3.8, 4) is 5.75 Å². The number of fused-ring (bicyclic) bond motifs is 1. The van der Waals surface area contributed by atoms with Crippen LogP contribution in [0.5, 0.6) is 5.75 Å². The minimum Gasteiger partial charge on any atom is -0.491 e. The molecule has 0 aromatic heterocycles. The Bertz CT molecular complexity index is 443. The summed E-state index contributed by atoms with van der Waals surface area (Å²) < 4.78 is 5.63. The number of benzene rings is 1. The van der Waals surface area contributed by atoms with Gasteiger partial charge in [0, 0.05) is 5.88 Å². The molecule has 92 valence electrons. The van der Waals surface area contributed by atoms with E-state index in [1.165, 1.54) is 0 Å². The Labute approximate surface area is 106 Å². The second-order valence-corrected chi connectivity index (χ2v) is 5.03. The minimum atomic E-state index is -0.485. The van der Waals surface area contributed by atoms with Gasteiger partial charge in [-0.3, -0.25) is 4.79 Å². The van der Waals surface area contributed by atoms with Crippen molar-refractivity contribution in [3.05, 3.63) is 23.8 Å². The quantitative estimate of drug-likeness (QED) is 0.662. The zero-order valence-corrected chi connectivity index (χ0v) is 10.8. The van der Waals surface area contributed by atoms with Gasteiger partial charge >= 0.3 is 0 Å². The van der Waals surface area contributed by atoms with Gasteiger partial charge in [-0.05, 0) is 31.9 Å². The third-order valence-corrected chi connectivity index (χ3v) is 3.31. The second kappa shape index (κ2) is 4.57. The van der Waals surface area contributed by atoms with Crippen molar-refractivity contribution in [2.75, 3.05) is 17.8 Å². The number of para-hydroxylation sites is 1. The molecule has 1 aromatic rings. The average molecular weight is 254 g/mol. The van der Waals surface area contributed by atoms with E-state index < -0.39 is 5.41 Å². The fraction of sp³-hybridized carbons (Fsp3) is 0.462. The van der Waals surface area contributed by atoms with Crippen LogP contribution < -0.4 is 10.1 Å². The van der Waals surface area contributed by atoms with Crippen molar-refractivity contribution in [3.63, 3.8) is 0 Å². The van der Waals surface area contributed by atoms with Crippen molar-refractivity contribution in [2.24, 2.45) is 0 Å². The van der Waals surface area contributed by atoms with Crippen LogP contribution >= 0.6 is 11.6 Å². The standard InChI is InChI=1S/C13H16ClNO2/c1-13(2)9-5-3-6-10(17-8-4-7-14)11(9)15-12(13)16/h3,5-6H,4,7-8H2,1-2H3,(H,15,16). The van der Waals surface area contributed by atoms with E-state index in [-0.39, 0.29) is 5.91 Å². The molecule has 2 rings (SSSR count). The van der Waals surface area contributed by atoms with Gasteiger partial charge in [0.25, 0.3) is 0 Å². The highest BCUT2D eigenvalue weighted by molar-refractivity contribution is 6.17. The zero-order valence-electron chi connectivity index (χ0n) is 10.0. The molecule has 4 heteroatoms. The van der Waals surface area contributed by atoms with Crippen LogP contribution in [-0.2, 0) is 10.2 Å². The monoisotopic (exact) mass is 253 g/mol.